The Morgan fingerprint density at radius 2 is 1.77 bits per heavy atom. The van der Waals surface area contributed by atoms with Crippen molar-refractivity contribution in [3.05, 3.63) is 65.9 Å². The number of aromatic nitrogens is 3. The number of nitrogens with one attached hydrogen (secondary N) is 2. The fourth-order valence-corrected chi connectivity index (χ4v) is 3.65. The van der Waals surface area contributed by atoms with Crippen LogP contribution in [-0.4, -0.2) is 40.1 Å². The van der Waals surface area contributed by atoms with Gasteiger partial charge in [-0.15, -0.1) is 0 Å². The molecule has 2 heterocycles. The van der Waals surface area contributed by atoms with Crippen LogP contribution in [0.2, 0.25) is 0 Å². The number of rotatable bonds is 5. The fourth-order valence-electron chi connectivity index (χ4n) is 3.65. The normalized spacial score (nSPS) is 10.8. The number of anilines is 1. The van der Waals surface area contributed by atoms with E-state index in [1.165, 1.54) is 7.11 Å². The van der Waals surface area contributed by atoms with E-state index in [4.69, 9.17) is 9.72 Å². The maximum absolute atomic E-state index is 12.5. The molecule has 158 valence electrons. The number of methoxy groups -OCH3 is 1. The van der Waals surface area contributed by atoms with E-state index in [0.717, 1.165) is 5.52 Å². The summed E-state index contributed by atoms with van der Waals surface area (Å²) in [5.74, 6) is 0.688. The molecule has 2 aromatic carbocycles. The van der Waals surface area contributed by atoms with Crippen molar-refractivity contribution in [2.45, 2.75) is 0 Å². The van der Waals surface area contributed by atoms with E-state index in [2.05, 4.69) is 10.6 Å². The number of fused-ring (bicyclic) bond motifs is 1. The van der Waals surface area contributed by atoms with E-state index >= 15 is 0 Å². The molecule has 4 aromatic rings. The molecule has 31 heavy (non-hydrogen) atoms. The highest BCUT2D eigenvalue weighted by molar-refractivity contribution is 6.05. The molecule has 0 aliphatic heterocycles. The minimum absolute atomic E-state index is 0.185. The van der Waals surface area contributed by atoms with E-state index in [9.17, 15) is 9.59 Å². The van der Waals surface area contributed by atoms with E-state index in [1.807, 2.05) is 59.6 Å². The van der Waals surface area contributed by atoms with Crippen molar-refractivity contribution < 1.29 is 14.3 Å². The van der Waals surface area contributed by atoms with Crippen LogP contribution in [0.4, 0.5) is 5.69 Å². The molecule has 0 spiro atoms. The molecule has 0 saturated heterocycles. The third-order valence-electron chi connectivity index (χ3n) is 5.20. The summed E-state index contributed by atoms with van der Waals surface area (Å²) in [5, 5.41) is 5.54. The van der Waals surface area contributed by atoms with Gasteiger partial charge in [0.2, 0.25) is 0 Å². The second-order valence-corrected chi connectivity index (χ2v) is 7.13. The maximum Gasteiger partial charge on any atom is 0.256 e. The number of benzene rings is 2. The second-order valence-electron chi connectivity index (χ2n) is 7.13. The average Bonchev–Trinajstić information content (AvgIpc) is 3.29. The molecule has 8 heteroatoms. The molecular formula is C23H23N5O3. The predicted molar refractivity (Wildman–Crippen MR) is 119 cm³/mol. The van der Waals surface area contributed by atoms with Crippen molar-refractivity contribution in [1.82, 2.24) is 19.4 Å². The Labute approximate surface area is 179 Å². The Morgan fingerprint density at radius 1 is 1.03 bits per heavy atom. The van der Waals surface area contributed by atoms with E-state index < -0.39 is 0 Å². The van der Waals surface area contributed by atoms with Crippen LogP contribution in [0, 0.1) is 0 Å². The third-order valence-corrected chi connectivity index (χ3v) is 5.20. The molecule has 2 N–H and O–H groups in total. The molecule has 2 aromatic heterocycles. The fraction of sp³-hybridized carbons (Fsp3) is 0.174. The largest absolute Gasteiger partial charge is 0.494 e. The predicted octanol–water partition coefficient (Wildman–Crippen LogP) is 3.20. The molecule has 0 saturated carbocycles. The molecule has 0 aliphatic carbocycles. The molecule has 0 unspecified atom stereocenters. The van der Waals surface area contributed by atoms with E-state index in [0.29, 0.717) is 39.6 Å². The Balaban J connectivity index is 1.75. The number of carbonyl (C=O) groups excluding carboxylic acids is 2. The standard InChI is InChI=1S/C23H23N5O3/c1-24-23(30)16-13-27(2)19(20(16)31-4)21-26-17-12-15(10-11-18(17)28(21)3)25-22(29)14-8-6-5-7-9-14/h5-13H,1-4H3,(H,24,30)(H,25,29). The van der Waals surface area contributed by atoms with Crippen LogP contribution in [0.3, 0.4) is 0 Å². The van der Waals surface area contributed by atoms with Gasteiger partial charge in [-0.25, -0.2) is 4.98 Å². The topological polar surface area (TPSA) is 90.2 Å². The molecule has 0 radical (unpaired) electrons. The van der Waals surface area contributed by atoms with Crippen LogP contribution in [0.15, 0.2) is 54.7 Å². The van der Waals surface area contributed by atoms with Gasteiger partial charge in [-0.1, -0.05) is 18.2 Å². The third kappa shape index (κ3) is 3.52. The maximum atomic E-state index is 12.5. The number of amides is 2. The Kier molecular flexibility index (Phi) is 5.21. The summed E-state index contributed by atoms with van der Waals surface area (Å²) in [4.78, 5) is 29.5. The Bertz CT molecular complexity index is 1290. The number of hydrogen-bond donors (Lipinski definition) is 2. The zero-order valence-corrected chi connectivity index (χ0v) is 17.8. The van der Waals surface area contributed by atoms with Gasteiger partial charge in [-0.2, -0.15) is 0 Å². The smallest absolute Gasteiger partial charge is 0.256 e. The minimum atomic E-state index is -0.233. The zero-order valence-electron chi connectivity index (χ0n) is 17.8. The lowest BCUT2D eigenvalue weighted by molar-refractivity contribution is 0.0959. The molecular weight excluding hydrogens is 394 g/mol. The van der Waals surface area contributed by atoms with Gasteiger partial charge in [0.1, 0.15) is 5.69 Å². The summed E-state index contributed by atoms with van der Waals surface area (Å²) in [7, 11) is 6.86. The first-order valence-electron chi connectivity index (χ1n) is 9.73. The molecule has 4 rings (SSSR count). The lowest BCUT2D eigenvalue weighted by Gasteiger charge is -2.08. The molecule has 0 bridgehead atoms. The van der Waals surface area contributed by atoms with E-state index in [1.54, 1.807) is 25.4 Å². The van der Waals surface area contributed by atoms with Gasteiger partial charge < -0.3 is 24.5 Å². The first kappa shape index (κ1) is 20.2. The van der Waals surface area contributed by atoms with Gasteiger partial charge in [0.05, 0.1) is 23.7 Å². The van der Waals surface area contributed by atoms with Crippen molar-refractivity contribution in [1.29, 1.82) is 0 Å². The molecule has 0 aliphatic rings. The van der Waals surface area contributed by atoms with Crippen LogP contribution < -0.4 is 15.4 Å². The number of aryl methyl sites for hydroxylation is 2. The highest BCUT2D eigenvalue weighted by atomic mass is 16.5. The summed E-state index contributed by atoms with van der Waals surface area (Å²) in [6.45, 7) is 0. The molecule has 2 amide bonds. The molecule has 0 fully saturated rings. The van der Waals surface area contributed by atoms with Gasteiger partial charge in [-0.3, -0.25) is 9.59 Å². The van der Waals surface area contributed by atoms with Gasteiger partial charge in [-0.05, 0) is 30.3 Å². The van der Waals surface area contributed by atoms with Gasteiger partial charge in [0.15, 0.2) is 11.6 Å². The SMILES string of the molecule is CNC(=O)c1cn(C)c(-c2nc3cc(NC(=O)c4ccccc4)ccc3n2C)c1OC. The quantitative estimate of drug-likeness (QED) is 0.522. The average molecular weight is 417 g/mol. The number of hydrogen-bond acceptors (Lipinski definition) is 4. The van der Waals surface area contributed by atoms with Crippen molar-refractivity contribution in [3.63, 3.8) is 0 Å². The molecule has 8 nitrogen and oxygen atoms in total. The first-order valence-corrected chi connectivity index (χ1v) is 9.73. The van der Waals surface area contributed by atoms with Gasteiger partial charge in [0, 0.05) is 38.6 Å². The minimum Gasteiger partial charge on any atom is -0.494 e. The van der Waals surface area contributed by atoms with Crippen LogP contribution in [0.5, 0.6) is 5.75 Å². The van der Waals surface area contributed by atoms with Crippen LogP contribution in [-0.2, 0) is 14.1 Å². The van der Waals surface area contributed by atoms with Gasteiger partial charge in [0.25, 0.3) is 11.8 Å². The number of carbonyl (C=O) groups is 2. The summed E-state index contributed by atoms with van der Waals surface area (Å²) >= 11 is 0. The Hall–Kier alpha value is -4.07. The van der Waals surface area contributed by atoms with Crippen LogP contribution >= 0.6 is 0 Å². The summed E-state index contributed by atoms with van der Waals surface area (Å²) < 4.78 is 9.32. The van der Waals surface area contributed by atoms with Crippen molar-refractivity contribution >= 4 is 28.5 Å². The highest BCUT2D eigenvalue weighted by Gasteiger charge is 2.24. The Morgan fingerprint density at radius 3 is 2.45 bits per heavy atom. The number of nitrogens with zero attached hydrogens (tertiary/aromatic N) is 3. The number of ether oxygens (including phenoxy) is 1. The lowest BCUT2D eigenvalue weighted by atomic mass is 10.2. The second kappa shape index (κ2) is 7.98. The monoisotopic (exact) mass is 417 g/mol. The van der Waals surface area contributed by atoms with Crippen molar-refractivity contribution in [2.24, 2.45) is 14.1 Å². The number of imidazole rings is 1. The molecule has 0 atom stereocenters. The first-order chi connectivity index (χ1) is 14.9. The van der Waals surface area contributed by atoms with Gasteiger partial charge >= 0.3 is 0 Å². The zero-order chi connectivity index (χ0) is 22.1. The van der Waals surface area contributed by atoms with Crippen molar-refractivity contribution in [3.8, 4) is 17.3 Å². The summed E-state index contributed by atoms with van der Waals surface area (Å²) in [6.07, 6.45) is 1.72. The highest BCUT2D eigenvalue weighted by Crippen LogP contribution is 2.35. The van der Waals surface area contributed by atoms with Crippen LogP contribution in [0.1, 0.15) is 20.7 Å². The lowest BCUT2D eigenvalue weighted by Crippen LogP contribution is -2.17. The summed E-state index contributed by atoms with van der Waals surface area (Å²) in [6, 6.07) is 14.6. The summed E-state index contributed by atoms with van der Waals surface area (Å²) in [5.41, 5.74) is 3.96. The van der Waals surface area contributed by atoms with E-state index in [-0.39, 0.29) is 11.8 Å². The van der Waals surface area contributed by atoms with Crippen LogP contribution in [0.25, 0.3) is 22.6 Å². The van der Waals surface area contributed by atoms with Crippen molar-refractivity contribution in [2.75, 3.05) is 19.5 Å².